The van der Waals surface area contributed by atoms with Crippen LogP contribution in [-0.4, -0.2) is 0 Å². The van der Waals surface area contributed by atoms with E-state index in [1.165, 1.54) is 18.4 Å². The molecule has 0 saturated carbocycles. The van der Waals surface area contributed by atoms with Crippen molar-refractivity contribution < 1.29 is 17.6 Å². The summed E-state index contributed by atoms with van der Waals surface area (Å²) in [6.45, 7) is 1.78. The Hall–Kier alpha value is -1.79. The Labute approximate surface area is 108 Å². The van der Waals surface area contributed by atoms with Gasteiger partial charge in [0, 0.05) is 5.56 Å². The van der Waals surface area contributed by atoms with Crippen LogP contribution in [0.4, 0.5) is 13.2 Å². The number of benzene rings is 1. The van der Waals surface area contributed by atoms with Crippen molar-refractivity contribution in [1.82, 2.24) is 5.43 Å². The van der Waals surface area contributed by atoms with Crippen LogP contribution in [0.25, 0.3) is 0 Å². The number of alkyl halides is 3. The molecule has 2 aromatic rings. The third-order valence-corrected chi connectivity index (χ3v) is 2.82. The number of furan rings is 1. The van der Waals surface area contributed by atoms with Crippen LogP contribution in [0.15, 0.2) is 41.0 Å². The van der Waals surface area contributed by atoms with Crippen LogP contribution in [-0.2, 0) is 6.18 Å². The van der Waals surface area contributed by atoms with Crippen molar-refractivity contribution in [3.8, 4) is 0 Å². The van der Waals surface area contributed by atoms with E-state index in [9.17, 15) is 13.2 Å². The zero-order valence-corrected chi connectivity index (χ0v) is 10.2. The van der Waals surface area contributed by atoms with E-state index in [1.54, 1.807) is 13.0 Å². The van der Waals surface area contributed by atoms with E-state index in [1.807, 2.05) is 0 Å². The van der Waals surface area contributed by atoms with E-state index < -0.39 is 17.8 Å². The maximum atomic E-state index is 12.5. The molecule has 0 amide bonds. The van der Waals surface area contributed by atoms with E-state index in [4.69, 9.17) is 10.3 Å². The van der Waals surface area contributed by atoms with Gasteiger partial charge in [-0.3, -0.25) is 5.84 Å². The Morgan fingerprint density at radius 3 is 2.21 bits per heavy atom. The molecule has 0 bridgehead atoms. The van der Waals surface area contributed by atoms with E-state index >= 15 is 0 Å². The summed E-state index contributed by atoms with van der Waals surface area (Å²) in [6.07, 6.45) is -2.81. The Morgan fingerprint density at radius 2 is 1.79 bits per heavy atom. The van der Waals surface area contributed by atoms with Crippen LogP contribution in [0.1, 0.15) is 28.5 Å². The number of aryl methyl sites for hydroxylation is 1. The monoisotopic (exact) mass is 270 g/mol. The van der Waals surface area contributed by atoms with Crippen molar-refractivity contribution in [2.75, 3.05) is 0 Å². The van der Waals surface area contributed by atoms with Crippen LogP contribution >= 0.6 is 0 Å². The highest BCUT2D eigenvalue weighted by molar-refractivity contribution is 5.33. The van der Waals surface area contributed by atoms with Gasteiger partial charge >= 0.3 is 6.18 Å². The molecule has 2 rings (SSSR count). The zero-order chi connectivity index (χ0) is 14.0. The van der Waals surface area contributed by atoms with Crippen molar-refractivity contribution in [3.05, 3.63) is 59.0 Å². The van der Waals surface area contributed by atoms with Gasteiger partial charge in [0.1, 0.15) is 5.76 Å². The Morgan fingerprint density at radius 1 is 1.16 bits per heavy atom. The van der Waals surface area contributed by atoms with Gasteiger partial charge in [0.25, 0.3) is 0 Å². The summed E-state index contributed by atoms with van der Waals surface area (Å²) >= 11 is 0. The average molecular weight is 270 g/mol. The molecule has 19 heavy (non-hydrogen) atoms. The quantitative estimate of drug-likeness (QED) is 0.665. The minimum atomic E-state index is -4.34. The van der Waals surface area contributed by atoms with E-state index in [2.05, 4.69) is 5.43 Å². The van der Waals surface area contributed by atoms with Gasteiger partial charge in [-0.05, 0) is 30.7 Å². The van der Waals surface area contributed by atoms with Gasteiger partial charge in [0.15, 0.2) is 0 Å². The fraction of sp³-hybridized carbons (Fsp3) is 0.231. The van der Waals surface area contributed by atoms with Gasteiger partial charge < -0.3 is 4.42 Å². The number of halogens is 3. The first-order valence-corrected chi connectivity index (χ1v) is 5.60. The molecule has 0 aliphatic heterocycles. The largest absolute Gasteiger partial charge is 0.469 e. The first-order valence-electron chi connectivity index (χ1n) is 5.60. The second-order valence-electron chi connectivity index (χ2n) is 4.21. The normalized spacial score (nSPS) is 13.5. The molecule has 102 valence electrons. The summed E-state index contributed by atoms with van der Waals surface area (Å²) in [4.78, 5) is 0. The second kappa shape index (κ2) is 5.07. The maximum Gasteiger partial charge on any atom is 0.416 e. The lowest BCUT2D eigenvalue weighted by Gasteiger charge is -2.15. The van der Waals surface area contributed by atoms with Crippen molar-refractivity contribution in [2.45, 2.75) is 19.1 Å². The molecule has 0 fully saturated rings. The number of hydrogen-bond donors (Lipinski definition) is 2. The van der Waals surface area contributed by atoms with Crippen LogP contribution in [0.5, 0.6) is 0 Å². The van der Waals surface area contributed by atoms with Crippen molar-refractivity contribution in [2.24, 2.45) is 5.84 Å². The minimum absolute atomic E-state index is 0.403. The molecular formula is C13H13F3N2O. The molecule has 1 aromatic heterocycles. The molecule has 1 atom stereocenters. The highest BCUT2D eigenvalue weighted by Crippen LogP contribution is 2.31. The van der Waals surface area contributed by atoms with Crippen LogP contribution in [0, 0.1) is 6.92 Å². The summed E-state index contributed by atoms with van der Waals surface area (Å²) in [7, 11) is 0. The van der Waals surface area contributed by atoms with Gasteiger partial charge in [-0.2, -0.15) is 13.2 Å². The fourth-order valence-corrected chi connectivity index (χ4v) is 1.86. The van der Waals surface area contributed by atoms with Gasteiger partial charge in [-0.15, -0.1) is 0 Å². The fourth-order valence-electron chi connectivity index (χ4n) is 1.86. The molecule has 1 heterocycles. The SMILES string of the molecule is Cc1cc(C(NN)c2ccc(C(F)(F)F)cc2)co1. The summed E-state index contributed by atoms with van der Waals surface area (Å²) in [6, 6.07) is 6.24. The predicted molar refractivity (Wildman–Crippen MR) is 64.1 cm³/mol. The Kier molecular flexibility index (Phi) is 3.64. The van der Waals surface area contributed by atoms with Gasteiger partial charge in [0.05, 0.1) is 17.9 Å². The third kappa shape index (κ3) is 2.97. The van der Waals surface area contributed by atoms with Crippen LogP contribution in [0.3, 0.4) is 0 Å². The van der Waals surface area contributed by atoms with Gasteiger partial charge in [-0.1, -0.05) is 12.1 Å². The average Bonchev–Trinajstić information content (AvgIpc) is 2.76. The highest BCUT2D eigenvalue weighted by atomic mass is 19.4. The first kappa shape index (κ1) is 13.6. The number of hydrogen-bond acceptors (Lipinski definition) is 3. The zero-order valence-electron chi connectivity index (χ0n) is 10.2. The first-order chi connectivity index (χ1) is 8.91. The lowest BCUT2D eigenvalue weighted by Crippen LogP contribution is -2.28. The summed E-state index contributed by atoms with van der Waals surface area (Å²) in [5.41, 5.74) is 3.28. The third-order valence-electron chi connectivity index (χ3n) is 2.82. The molecule has 3 N–H and O–H groups in total. The van der Waals surface area contributed by atoms with Crippen molar-refractivity contribution in [3.63, 3.8) is 0 Å². The van der Waals surface area contributed by atoms with Gasteiger partial charge in [0.2, 0.25) is 0 Å². The van der Waals surface area contributed by atoms with E-state index in [0.717, 1.165) is 17.7 Å². The molecule has 0 aliphatic rings. The summed E-state index contributed by atoms with van der Waals surface area (Å²) < 4.78 is 42.6. The molecule has 1 aromatic carbocycles. The van der Waals surface area contributed by atoms with Gasteiger partial charge in [-0.25, -0.2) is 5.43 Å². The predicted octanol–water partition coefficient (Wildman–Crippen LogP) is 3.16. The lowest BCUT2D eigenvalue weighted by atomic mass is 10.00. The molecule has 0 spiro atoms. The summed E-state index contributed by atoms with van der Waals surface area (Å²) in [5, 5.41) is 0. The number of nitrogens with one attached hydrogen (secondary N) is 1. The van der Waals surface area contributed by atoms with Crippen molar-refractivity contribution >= 4 is 0 Å². The van der Waals surface area contributed by atoms with Crippen molar-refractivity contribution in [1.29, 1.82) is 0 Å². The Balaban J connectivity index is 2.30. The number of nitrogens with two attached hydrogens (primary N) is 1. The molecule has 3 nitrogen and oxygen atoms in total. The molecule has 0 saturated heterocycles. The maximum absolute atomic E-state index is 12.5. The number of rotatable bonds is 3. The van der Waals surface area contributed by atoms with E-state index in [-0.39, 0.29) is 0 Å². The van der Waals surface area contributed by atoms with E-state index in [0.29, 0.717) is 11.3 Å². The second-order valence-corrected chi connectivity index (χ2v) is 4.21. The Bertz CT molecular complexity index is 546. The molecule has 6 heteroatoms. The van der Waals surface area contributed by atoms with Crippen LogP contribution < -0.4 is 11.3 Å². The minimum Gasteiger partial charge on any atom is -0.469 e. The highest BCUT2D eigenvalue weighted by Gasteiger charge is 2.30. The standard InChI is InChI=1S/C13H13F3N2O/c1-8-6-10(7-19-8)12(18-17)9-2-4-11(5-3-9)13(14,15)16/h2-7,12,18H,17H2,1H3. The van der Waals surface area contributed by atoms with Crippen LogP contribution in [0.2, 0.25) is 0 Å². The smallest absolute Gasteiger partial charge is 0.416 e. The molecular weight excluding hydrogens is 257 g/mol. The molecule has 1 unspecified atom stereocenters. The topological polar surface area (TPSA) is 51.2 Å². The lowest BCUT2D eigenvalue weighted by molar-refractivity contribution is -0.137. The number of hydrazine groups is 1. The summed E-state index contributed by atoms with van der Waals surface area (Å²) in [5.74, 6) is 6.17. The molecule has 0 radical (unpaired) electrons. The molecule has 0 aliphatic carbocycles.